The number of hydrogen-bond donors (Lipinski definition) is 2. The zero-order chi connectivity index (χ0) is 15.5. The molecule has 1 aromatic rings. The molecule has 2 fully saturated rings. The van der Waals surface area contributed by atoms with Gasteiger partial charge in [0.05, 0.1) is 18.1 Å². The number of aromatic nitrogens is 1. The summed E-state index contributed by atoms with van der Waals surface area (Å²) in [6, 6.07) is 3.65. The van der Waals surface area contributed by atoms with Crippen LogP contribution in [0.1, 0.15) is 12.0 Å². The van der Waals surface area contributed by atoms with Crippen LogP contribution in [0.2, 0.25) is 0 Å². The van der Waals surface area contributed by atoms with Crippen LogP contribution >= 0.6 is 0 Å². The molecule has 118 valence electrons. The summed E-state index contributed by atoms with van der Waals surface area (Å²) in [6.45, 7) is 1.46. The molecule has 2 saturated heterocycles. The van der Waals surface area contributed by atoms with Crippen molar-refractivity contribution in [3.8, 4) is 0 Å². The predicted molar refractivity (Wildman–Crippen MR) is 78.9 cm³/mol. The van der Waals surface area contributed by atoms with Crippen molar-refractivity contribution in [2.45, 2.75) is 25.2 Å². The van der Waals surface area contributed by atoms with Crippen LogP contribution < -0.4 is 10.6 Å². The molecular weight excluding hydrogens is 284 g/mol. The average molecular weight is 304 g/mol. The molecule has 0 saturated carbocycles. The lowest BCUT2D eigenvalue weighted by molar-refractivity contribution is -0.127. The van der Waals surface area contributed by atoms with E-state index in [0.717, 1.165) is 5.56 Å². The molecule has 0 radical (unpaired) electrons. The number of morpholine rings is 1. The van der Waals surface area contributed by atoms with Gasteiger partial charge in [-0.25, -0.2) is 4.79 Å². The fraction of sp³-hybridized carbons (Fsp3) is 0.533. The van der Waals surface area contributed by atoms with Gasteiger partial charge in [-0.2, -0.15) is 0 Å². The fourth-order valence-electron chi connectivity index (χ4n) is 3.08. The minimum absolute atomic E-state index is 0.0184. The third kappa shape index (κ3) is 3.04. The van der Waals surface area contributed by atoms with Crippen molar-refractivity contribution in [1.29, 1.82) is 0 Å². The van der Waals surface area contributed by atoms with Crippen molar-refractivity contribution in [2.24, 2.45) is 5.92 Å². The number of carbonyl (C=O) groups is 2. The van der Waals surface area contributed by atoms with Crippen LogP contribution in [0.15, 0.2) is 24.5 Å². The number of rotatable bonds is 3. The van der Waals surface area contributed by atoms with Crippen LogP contribution in [-0.2, 0) is 16.1 Å². The molecule has 2 aliphatic heterocycles. The lowest BCUT2D eigenvalue weighted by atomic mass is 9.99. The highest BCUT2D eigenvalue weighted by Crippen LogP contribution is 2.32. The Morgan fingerprint density at radius 2 is 2.32 bits per heavy atom. The maximum absolute atomic E-state index is 12.4. The van der Waals surface area contributed by atoms with Gasteiger partial charge in [0.2, 0.25) is 5.91 Å². The smallest absolute Gasteiger partial charge is 0.317 e. The first kappa shape index (κ1) is 14.8. The molecule has 2 N–H and O–H groups in total. The molecule has 0 aliphatic carbocycles. The van der Waals surface area contributed by atoms with Crippen molar-refractivity contribution in [3.05, 3.63) is 30.1 Å². The monoisotopic (exact) mass is 304 g/mol. The molecule has 2 aliphatic rings. The van der Waals surface area contributed by atoms with Gasteiger partial charge in [0, 0.05) is 39.1 Å². The normalized spacial score (nSPS) is 26.6. The molecule has 3 heterocycles. The first-order valence-corrected chi connectivity index (χ1v) is 7.46. The summed E-state index contributed by atoms with van der Waals surface area (Å²) in [5.41, 5.74) is 0.963. The maximum Gasteiger partial charge on any atom is 0.317 e. The first-order valence-electron chi connectivity index (χ1n) is 7.46. The molecule has 0 aromatic carbocycles. The minimum Gasteiger partial charge on any atom is -0.370 e. The van der Waals surface area contributed by atoms with E-state index in [0.29, 0.717) is 26.1 Å². The first-order chi connectivity index (χ1) is 10.7. The van der Waals surface area contributed by atoms with Crippen LogP contribution in [0.3, 0.4) is 0 Å². The molecule has 7 heteroatoms. The Balaban J connectivity index is 1.57. The number of urea groups is 1. The van der Waals surface area contributed by atoms with Crippen LogP contribution in [0.5, 0.6) is 0 Å². The lowest BCUT2D eigenvalue weighted by Crippen LogP contribution is -2.50. The zero-order valence-corrected chi connectivity index (χ0v) is 12.5. The number of ether oxygens (including phenoxy) is 1. The van der Waals surface area contributed by atoms with E-state index in [2.05, 4.69) is 15.6 Å². The van der Waals surface area contributed by atoms with Crippen LogP contribution in [0, 0.1) is 5.92 Å². The van der Waals surface area contributed by atoms with Gasteiger partial charge < -0.3 is 20.3 Å². The number of hydrogen-bond acceptors (Lipinski definition) is 4. The molecule has 1 aromatic heterocycles. The van der Waals surface area contributed by atoms with E-state index in [1.165, 1.54) is 0 Å². The maximum atomic E-state index is 12.4. The second-order valence-electron chi connectivity index (χ2n) is 5.68. The summed E-state index contributed by atoms with van der Waals surface area (Å²) >= 11 is 0. The van der Waals surface area contributed by atoms with Gasteiger partial charge >= 0.3 is 6.03 Å². The second kappa shape index (κ2) is 6.31. The summed E-state index contributed by atoms with van der Waals surface area (Å²) in [5, 5.41) is 5.55. The summed E-state index contributed by atoms with van der Waals surface area (Å²) in [6.07, 6.45) is 3.83. The molecule has 3 amide bonds. The van der Waals surface area contributed by atoms with E-state index in [9.17, 15) is 9.59 Å². The Morgan fingerprint density at radius 1 is 1.45 bits per heavy atom. The van der Waals surface area contributed by atoms with Crippen LogP contribution in [0.25, 0.3) is 0 Å². The fourth-order valence-corrected chi connectivity index (χ4v) is 3.08. The van der Waals surface area contributed by atoms with Crippen molar-refractivity contribution >= 4 is 11.9 Å². The van der Waals surface area contributed by atoms with E-state index < -0.39 is 0 Å². The van der Waals surface area contributed by atoms with Gasteiger partial charge in [-0.3, -0.25) is 9.78 Å². The number of carbonyl (C=O) groups excluding carboxylic acids is 2. The van der Waals surface area contributed by atoms with Crippen LogP contribution in [0.4, 0.5) is 4.79 Å². The third-order valence-electron chi connectivity index (χ3n) is 4.18. The highest BCUT2D eigenvalue weighted by atomic mass is 16.5. The third-order valence-corrected chi connectivity index (χ3v) is 4.18. The molecular formula is C15H20N4O3. The standard InChI is InChI=1S/C15H20N4O3/c1-16-15(21)19-8-11-5-12(13(9-19)22-11)14(20)18-7-10-3-2-4-17-6-10/h2-4,6,11-13H,5,7-9H2,1H3,(H,16,21)(H,18,20)/t11-,12+,13-/m0/s1. The Morgan fingerprint density at radius 3 is 3.05 bits per heavy atom. The van der Waals surface area contributed by atoms with Crippen molar-refractivity contribution in [3.63, 3.8) is 0 Å². The largest absolute Gasteiger partial charge is 0.370 e. The van der Waals surface area contributed by atoms with Crippen molar-refractivity contribution in [1.82, 2.24) is 20.5 Å². The number of likely N-dealkylation sites (tertiary alicyclic amines) is 1. The molecule has 7 nitrogen and oxygen atoms in total. The zero-order valence-electron chi connectivity index (χ0n) is 12.5. The molecule has 0 spiro atoms. The Kier molecular flexibility index (Phi) is 4.24. The molecule has 22 heavy (non-hydrogen) atoms. The number of nitrogens with zero attached hydrogens (tertiary/aromatic N) is 2. The van der Waals surface area contributed by atoms with Gasteiger partial charge in [-0.15, -0.1) is 0 Å². The van der Waals surface area contributed by atoms with E-state index >= 15 is 0 Å². The van der Waals surface area contributed by atoms with E-state index in [1.54, 1.807) is 24.3 Å². The average Bonchev–Trinajstić information content (AvgIpc) is 2.86. The summed E-state index contributed by atoms with van der Waals surface area (Å²) in [7, 11) is 1.61. The molecule has 2 bridgehead atoms. The SMILES string of the molecule is CNC(=O)N1C[C@@H]2C[C@@H](C(=O)NCc3cccnc3)[C@H](C1)O2. The van der Waals surface area contributed by atoms with Gasteiger partial charge in [0.15, 0.2) is 0 Å². The number of fused-ring (bicyclic) bond motifs is 2. The van der Waals surface area contributed by atoms with Crippen molar-refractivity contribution in [2.75, 3.05) is 20.1 Å². The van der Waals surface area contributed by atoms with Crippen molar-refractivity contribution < 1.29 is 14.3 Å². The Hall–Kier alpha value is -2.15. The topological polar surface area (TPSA) is 83.6 Å². The quantitative estimate of drug-likeness (QED) is 0.831. The van der Waals surface area contributed by atoms with E-state index in [1.807, 2.05) is 12.1 Å². The van der Waals surface area contributed by atoms with E-state index in [-0.39, 0.29) is 30.1 Å². The number of nitrogens with one attached hydrogen (secondary N) is 2. The van der Waals surface area contributed by atoms with Gasteiger partial charge in [0.25, 0.3) is 0 Å². The highest BCUT2D eigenvalue weighted by Gasteiger charge is 2.45. The van der Waals surface area contributed by atoms with E-state index in [4.69, 9.17) is 4.74 Å². The highest BCUT2D eigenvalue weighted by molar-refractivity contribution is 5.80. The molecule has 3 rings (SSSR count). The summed E-state index contributed by atoms with van der Waals surface area (Å²) in [5.74, 6) is -0.216. The predicted octanol–water partition coefficient (Wildman–Crippen LogP) is 0.127. The number of amides is 3. The Labute approximate surface area is 129 Å². The Bertz CT molecular complexity index is 551. The molecule has 0 unspecified atom stereocenters. The summed E-state index contributed by atoms with van der Waals surface area (Å²) in [4.78, 5) is 29.8. The lowest BCUT2D eigenvalue weighted by Gasteiger charge is -2.32. The van der Waals surface area contributed by atoms with Gasteiger partial charge in [-0.05, 0) is 18.1 Å². The summed E-state index contributed by atoms with van der Waals surface area (Å²) < 4.78 is 5.81. The van der Waals surface area contributed by atoms with Crippen LogP contribution in [-0.4, -0.2) is 54.2 Å². The molecule has 3 atom stereocenters. The minimum atomic E-state index is -0.218. The number of pyridine rings is 1. The van der Waals surface area contributed by atoms with Gasteiger partial charge in [0.1, 0.15) is 0 Å². The second-order valence-corrected chi connectivity index (χ2v) is 5.68. The van der Waals surface area contributed by atoms with Gasteiger partial charge in [-0.1, -0.05) is 6.07 Å².